The SMILES string of the molecule is CC1OCCC1(Cc1csc2ccccc12)C(=O)O. The molecule has 0 amide bonds. The number of hydrogen-bond acceptors (Lipinski definition) is 3. The Hall–Kier alpha value is -1.39. The van der Waals surface area contributed by atoms with Crippen molar-refractivity contribution in [2.24, 2.45) is 5.41 Å². The summed E-state index contributed by atoms with van der Waals surface area (Å²) in [4.78, 5) is 11.7. The van der Waals surface area contributed by atoms with Gasteiger partial charge in [-0.3, -0.25) is 4.79 Å². The molecule has 0 spiro atoms. The van der Waals surface area contributed by atoms with Gasteiger partial charge in [-0.05, 0) is 42.2 Å². The van der Waals surface area contributed by atoms with Gasteiger partial charge in [0.05, 0.1) is 11.5 Å². The molecule has 0 aliphatic carbocycles. The van der Waals surface area contributed by atoms with Crippen molar-refractivity contribution in [1.82, 2.24) is 0 Å². The van der Waals surface area contributed by atoms with E-state index in [0.29, 0.717) is 19.4 Å². The van der Waals surface area contributed by atoms with Crippen molar-refractivity contribution in [1.29, 1.82) is 0 Å². The second-order valence-electron chi connectivity index (χ2n) is 5.16. The average Bonchev–Trinajstić information content (AvgIpc) is 2.96. The fourth-order valence-corrected chi connectivity index (χ4v) is 3.84. The molecule has 2 atom stereocenters. The van der Waals surface area contributed by atoms with Crippen molar-refractivity contribution in [2.45, 2.75) is 25.9 Å². The van der Waals surface area contributed by atoms with Gasteiger partial charge in [0.1, 0.15) is 0 Å². The highest BCUT2D eigenvalue weighted by Crippen LogP contribution is 2.41. The Morgan fingerprint density at radius 3 is 3.00 bits per heavy atom. The maximum absolute atomic E-state index is 11.7. The fraction of sp³-hybridized carbons (Fsp3) is 0.400. The maximum Gasteiger partial charge on any atom is 0.312 e. The molecule has 100 valence electrons. The molecule has 1 aromatic heterocycles. The lowest BCUT2D eigenvalue weighted by molar-refractivity contribution is -0.151. The largest absolute Gasteiger partial charge is 0.481 e. The Morgan fingerprint density at radius 1 is 1.53 bits per heavy atom. The monoisotopic (exact) mass is 276 g/mol. The molecule has 1 aliphatic rings. The minimum absolute atomic E-state index is 0.233. The second-order valence-corrected chi connectivity index (χ2v) is 6.07. The van der Waals surface area contributed by atoms with Crippen LogP contribution in [-0.4, -0.2) is 23.8 Å². The number of carbonyl (C=O) groups is 1. The van der Waals surface area contributed by atoms with E-state index in [1.165, 1.54) is 10.1 Å². The lowest BCUT2D eigenvalue weighted by atomic mass is 9.76. The van der Waals surface area contributed by atoms with Crippen LogP contribution < -0.4 is 0 Å². The zero-order chi connectivity index (χ0) is 13.5. The molecule has 4 heteroatoms. The lowest BCUT2D eigenvalue weighted by Gasteiger charge is -2.27. The van der Waals surface area contributed by atoms with Gasteiger partial charge < -0.3 is 9.84 Å². The molecule has 3 nitrogen and oxygen atoms in total. The molecular weight excluding hydrogens is 260 g/mol. The summed E-state index contributed by atoms with van der Waals surface area (Å²) in [6.07, 6.45) is 0.907. The standard InChI is InChI=1S/C15H16O3S/c1-10-15(14(16)17,6-7-18-10)8-11-9-19-13-5-3-2-4-12(11)13/h2-5,9-10H,6-8H2,1H3,(H,16,17). The molecule has 2 unspecified atom stereocenters. The summed E-state index contributed by atoms with van der Waals surface area (Å²) in [6, 6.07) is 8.15. The maximum atomic E-state index is 11.7. The molecule has 19 heavy (non-hydrogen) atoms. The minimum Gasteiger partial charge on any atom is -0.481 e. The third-order valence-electron chi connectivity index (χ3n) is 4.19. The zero-order valence-electron chi connectivity index (χ0n) is 10.8. The van der Waals surface area contributed by atoms with E-state index in [1.54, 1.807) is 11.3 Å². The number of rotatable bonds is 3. The summed E-state index contributed by atoms with van der Waals surface area (Å²) in [6.45, 7) is 2.41. The molecule has 0 saturated carbocycles. The van der Waals surface area contributed by atoms with Gasteiger partial charge in [-0.25, -0.2) is 0 Å². The molecule has 0 bridgehead atoms. The summed E-state index contributed by atoms with van der Waals surface area (Å²) in [7, 11) is 0. The van der Waals surface area contributed by atoms with E-state index in [-0.39, 0.29) is 6.10 Å². The van der Waals surface area contributed by atoms with Crippen LogP contribution in [0.3, 0.4) is 0 Å². The van der Waals surface area contributed by atoms with Crippen molar-refractivity contribution < 1.29 is 14.6 Å². The summed E-state index contributed by atoms with van der Waals surface area (Å²) in [5.74, 6) is -0.743. The van der Waals surface area contributed by atoms with Gasteiger partial charge in [0.25, 0.3) is 0 Å². The van der Waals surface area contributed by atoms with Gasteiger partial charge in [-0.2, -0.15) is 0 Å². The zero-order valence-corrected chi connectivity index (χ0v) is 11.6. The van der Waals surface area contributed by atoms with Crippen molar-refractivity contribution in [3.05, 3.63) is 35.2 Å². The summed E-state index contributed by atoms with van der Waals surface area (Å²) >= 11 is 1.68. The molecule has 1 saturated heterocycles. The van der Waals surface area contributed by atoms with E-state index in [1.807, 2.05) is 19.1 Å². The molecular formula is C15H16O3S. The molecule has 1 aromatic carbocycles. The third-order valence-corrected chi connectivity index (χ3v) is 5.20. The molecule has 0 radical (unpaired) electrons. The molecule has 2 aromatic rings. The highest BCUT2D eigenvalue weighted by atomic mass is 32.1. The highest BCUT2D eigenvalue weighted by Gasteiger charge is 2.48. The number of ether oxygens (including phenoxy) is 1. The van der Waals surface area contributed by atoms with Crippen molar-refractivity contribution in [3.63, 3.8) is 0 Å². The van der Waals surface area contributed by atoms with E-state index in [0.717, 1.165) is 5.56 Å². The van der Waals surface area contributed by atoms with E-state index in [9.17, 15) is 9.90 Å². The third kappa shape index (κ3) is 1.95. The number of fused-ring (bicyclic) bond motifs is 1. The normalized spacial score (nSPS) is 26.9. The van der Waals surface area contributed by atoms with Crippen LogP contribution in [0.4, 0.5) is 0 Å². The van der Waals surface area contributed by atoms with Crippen LogP contribution in [0.15, 0.2) is 29.6 Å². The summed E-state index contributed by atoms with van der Waals surface area (Å²) in [5.41, 5.74) is 0.351. The molecule has 1 fully saturated rings. The first kappa shape index (κ1) is 12.6. The predicted octanol–water partition coefficient (Wildman–Crippen LogP) is 3.32. The number of hydrogen-bond donors (Lipinski definition) is 1. The Balaban J connectivity index is 2.01. The van der Waals surface area contributed by atoms with Crippen LogP contribution in [-0.2, 0) is 16.0 Å². The van der Waals surface area contributed by atoms with Crippen LogP contribution in [0.25, 0.3) is 10.1 Å². The van der Waals surface area contributed by atoms with Crippen LogP contribution in [0.5, 0.6) is 0 Å². The Morgan fingerprint density at radius 2 is 2.32 bits per heavy atom. The first-order valence-corrected chi connectivity index (χ1v) is 7.31. The molecule has 1 N–H and O–H groups in total. The fourth-order valence-electron chi connectivity index (χ4n) is 2.88. The molecule has 2 heterocycles. The average molecular weight is 276 g/mol. The van der Waals surface area contributed by atoms with Gasteiger partial charge in [-0.15, -0.1) is 11.3 Å². The number of benzene rings is 1. The van der Waals surface area contributed by atoms with Crippen molar-refractivity contribution >= 4 is 27.4 Å². The summed E-state index contributed by atoms with van der Waals surface area (Å²) < 4.78 is 6.73. The van der Waals surface area contributed by atoms with Crippen LogP contribution in [0, 0.1) is 5.41 Å². The number of thiophene rings is 1. The Kier molecular flexibility index (Phi) is 3.07. The van der Waals surface area contributed by atoms with Gasteiger partial charge in [0, 0.05) is 11.3 Å². The molecule has 1 aliphatic heterocycles. The van der Waals surface area contributed by atoms with Gasteiger partial charge in [-0.1, -0.05) is 18.2 Å². The Bertz CT molecular complexity index is 619. The smallest absolute Gasteiger partial charge is 0.312 e. The van der Waals surface area contributed by atoms with Crippen molar-refractivity contribution in [2.75, 3.05) is 6.61 Å². The van der Waals surface area contributed by atoms with Crippen LogP contribution in [0.2, 0.25) is 0 Å². The molecule has 3 rings (SSSR count). The number of carboxylic acid groups (broad SMARTS) is 1. The van der Waals surface area contributed by atoms with E-state index < -0.39 is 11.4 Å². The predicted molar refractivity (Wildman–Crippen MR) is 75.6 cm³/mol. The second kappa shape index (κ2) is 4.62. The van der Waals surface area contributed by atoms with Gasteiger partial charge in [0.15, 0.2) is 0 Å². The Labute approximate surface area is 115 Å². The lowest BCUT2D eigenvalue weighted by Crippen LogP contribution is -2.39. The van der Waals surface area contributed by atoms with Gasteiger partial charge >= 0.3 is 5.97 Å². The highest BCUT2D eigenvalue weighted by molar-refractivity contribution is 7.17. The van der Waals surface area contributed by atoms with Crippen LogP contribution >= 0.6 is 11.3 Å². The number of carboxylic acids is 1. The quantitative estimate of drug-likeness (QED) is 0.935. The summed E-state index contributed by atoms with van der Waals surface area (Å²) in [5, 5.41) is 12.9. The number of aliphatic carboxylic acids is 1. The topological polar surface area (TPSA) is 46.5 Å². The van der Waals surface area contributed by atoms with E-state index in [2.05, 4.69) is 17.5 Å². The minimum atomic E-state index is -0.774. The first-order chi connectivity index (χ1) is 9.13. The van der Waals surface area contributed by atoms with Gasteiger partial charge in [0.2, 0.25) is 0 Å². The first-order valence-electron chi connectivity index (χ1n) is 6.43. The van der Waals surface area contributed by atoms with E-state index in [4.69, 9.17) is 4.74 Å². The van der Waals surface area contributed by atoms with Crippen molar-refractivity contribution in [3.8, 4) is 0 Å². The van der Waals surface area contributed by atoms with Crippen LogP contribution in [0.1, 0.15) is 18.9 Å². The van der Waals surface area contributed by atoms with E-state index >= 15 is 0 Å².